The summed E-state index contributed by atoms with van der Waals surface area (Å²) in [4.78, 5) is 0. The maximum absolute atomic E-state index is 9.23. The fraction of sp³-hybridized carbons (Fsp3) is 1.00. The van der Waals surface area contributed by atoms with Crippen LogP contribution >= 0.6 is 12.0 Å². The van der Waals surface area contributed by atoms with Crippen LogP contribution in [-0.4, -0.2) is 52.8 Å². The summed E-state index contributed by atoms with van der Waals surface area (Å²) in [5, 5.41) is 27.2. The summed E-state index contributed by atoms with van der Waals surface area (Å²) in [5.74, 6) is 0. The maximum atomic E-state index is 9.23. The zero-order valence-electron chi connectivity index (χ0n) is 6.58. The molecule has 1 aliphatic heterocycles. The molecule has 0 radical (unpaired) electrons. The van der Waals surface area contributed by atoms with E-state index in [1.807, 2.05) is 0 Å². The minimum Gasteiger partial charge on any atom is -0.387 e. The SMILES string of the molecule is CSOC[C@H]1OC(O)[C@H](O)[C@H]1O. The topological polar surface area (TPSA) is 79.2 Å². The van der Waals surface area contributed by atoms with Gasteiger partial charge >= 0.3 is 0 Å². The van der Waals surface area contributed by atoms with Crippen LogP contribution in [0.2, 0.25) is 0 Å². The molecular formula is C6H12O5S. The second-order valence-electron chi connectivity index (χ2n) is 2.50. The van der Waals surface area contributed by atoms with E-state index in [-0.39, 0.29) is 6.61 Å². The molecule has 0 spiro atoms. The quantitative estimate of drug-likeness (QED) is 0.488. The lowest BCUT2D eigenvalue weighted by Gasteiger charge is -2.12. The second kappa shape index (κ2) is 4.40. The van der Waals surface area contributed by atoms with Crippen LogP contribution in [-0.2, 0) is 8.92 Å². The molecule has 1 heterocycles. The molecule has 0 aromatic rings. The highest BCUT2D eigenvalue weighted by Crippen LogP contribution is 2.20. The number of ether oxygens (including phenoxy) is 1. The third kappa shape index (κ3) is 2.09. The highest BCUT2D eigenvalue weighted by Gasteiger charge is 2.41. The summed E-state index contributed by atoms with van der Waals surface area (Å²) in [6.45, 7) is 0.149. The molecule has 0 saturated carbocycles. The molecule has 1 aliphatic rings. The van der Waals surface area contributed by atoms with E-state index in [1.165, 1.54) is 0 Å². The van der Waals surface area contributed by atoms with Gasteiger partial charge in [-0.25, -0.2) is 0 Å². The largest absolute Gasteiger partial charge is 0.387 e. The third-order valence-electron chi connectivity index (χ3n) is 1.69. The van der Waals surface area contributed by atoms with Gasteiger partial charge in [-0.1, -0.05) is 0 Å². The Morgan fingerprint density at radius 3 is 2.42 bits per heavy atom. The Kier molecular flexibility index (Phi) is 3.76. The lowest BCUT2D eigenvalue weighted by molar-refractivity contribution is -0.130. The number of aliphatic hydroxyl groups is 3. The summed E-state index contributed by atoms with van der Waals surface area (Å²) in [6.07, 6.45) is -2.54. The summed E-state index contributed by atoms with van der Waals surface area (Å²) < 4.78 is 9.70. The Morgan fingerprint density at radius 2 is 2.00 bits per heavy atom. The predicted octanol–water partition coefficient (Wildman–Crippen LogP) is -1.28. The van der Waals surface area contributed by atoms with Gasteiger partial charge in [-0.05, 0) is 12.0 Å². The molecule has 0 aromatic carbocycles. The second-order valence-corrected chi connectivity index (χ2v) is 3.07. The summed E-state index contributed by atoms with van der Waals surface area (Å²) in [7, 11) is 0. The van der Waals surface area contributed by atoms with Crippen LogP contribution in [0, 0.1) is 0 Å². The van der Waals surface area contributed by atoms with E-state index < -0.39 is 24.6 Å². The van der Waals surface area contributed by atoms with Crippen LogP contribution in [0.5, 0.6) is 0 Å². The lowest BCUT2D eigenvalue weighted by Crippen LogP contribution is -2.33. The standard InChI is InChI=1S/C6H12O5S/c1-12-10-2-3-4(7)5(8)6(9)11-3/h3-9H,2H2,1H3/t3-,4+,5-,6?/m1/s1. The van der Waals surface area contributed by atoms with Crippen molar-refractivity contribution in [3.05, 3.63) is 0 Å². The van der Waals surface area contributed by atoms with Crippen molar-refractivity contribution >= 4 is 12.0 Å². The van der Waals surface area contributed by atoms with Crippen molar-refractivity contribution in [3.8, 4) is 0 Å². The van der Waals surface area contributed by atoms with E-state index in [0.717, 1.165) is 12.0 Å². The summed E-state index contributed by atoms with van der Waals surface area (Å²) >= 11 is 1.14. The Labute approximate surface area is 74.5 Å². The molecule has 1 saturated heterocycles. The molecule has 1 unspecified atom stereocenters. The van der Waals surface area contributed by atoms with Crippen LogP contribution in [0.3, 0.4) is 0 Å². The normalized spacial score (nSPS) is 42.0. The minimum atomic E-state index is -1.31. The van der Waals surface area contributed by atoms with Crippen molar-refractivity contribution in [2.24, 2.45) is 0 Å². The Hall–Kier alpha value is 0.150. The Bertz CT molecular complexity index is 144. The van der Waals surface area contributed by atoms with Crippen molar-refractivity contribution in [2.75, 3.05) is 12.9 Å². The van der Waals surface area contributed by atoms with Gasteiger partial charge in [0.05, 0.1) is 6.61 Å². The molecule has 0 amide bonds. The fourth-order valence-corrected chi connectivity index (χ4v) is 1.27. The summed E-state index contributed by atoms with van der Waals surface area (Å²) in [6, 6.07) is 0. The van der Waals surface area contributed by atoms with E-state index in [2.05, 4.69) is 0 Å². The number of hydrogen-bond donors (Lipinski definition) is 3. The van der Waals surface area contributed by atoms with Crippen molar-refractivity contribution in [2.45, 2.75) is 24.6 Å². The van der Waals surface area contributed by atoms with Crippen LogP contribution in [0.1, 0.15) is 0 Å². The molecule has 0 aromatic heterocycles. The average molecular weight is 196 g/mol. The molecule has 1 fully saturated rings. The van der Waals surface area contributed by atoms with E-state index in [1.54, 1.807) is 6.26 Å². The average Bonchev–Trinajstić information content (AvgIpc) is 2.30. The first-order valence-corrected chi connectivity index (χ1v) is 4.67. The molecule has 0 aliphatic carbocycles. The van der Waals surface area contributed by atoms with Gasteiger partial charge in [0.15, 0.2) is 6.29 Å². The van der Waals surface area contributed by atoms with Gasteiger partial charge in [-0.15, -0.1) is 0 Å². The third-order valence-corrected chi connectivity index (χ3v) is 2.06. The first-order valence-electron chi connectivity index (χ1n) is 3.52. The van der Waals surface area contributed by atoms with Crippen LogP contribution in [0.15, 0.2) is 0 Å². The van der Waals surface area contributed by atoms with Crippen LogP contribution < -0.4 is 0 Å². The minimum absolute atomic E-state index is 0.149. The Balaban J connectivity index is 2.36. The van der Waals surface area contributed by atoms with Gasteiger partial charge in [0.2, 0.25) is 0 Å². The van der Waals surface area contributed by atoms with Crippen LogP contribution in [0.4, 0.5) is 0 Å². The molecular weight excluding hydrogens is 184 g/mol. The number of aliphatic hydroxyl groups excluding tert-OH is 3. The molecule has 12 heavy (non-hydrogen) atoms. The summed E-state index contributed by atoms with van der Waals surface area (Å²) in [5.41, 5.74) is 0. The van der Waals surface area contributed by atoms with Crippen molar-refractivity contribution < 1.29 is 24.2 Å². The smallest absolute Gasteiger partial charge is 0.184 e. The Morgan fingerprint density at radius 1 is 1.33 bits per heavy atom. The van der Waals surface area contributed by atoms with Gasteiger partial charge in [-0.3, -0.25) is 0 Å². The van der Waals surface area contributed by atoms with Crippen LogP contribution in [0.25, 0.3) is 0 Å². The fourth-order valence-electron chi connectivity index (χ4n) is 1.00. The molecule has 4 atom stereocenters. The predicted molar refractivity (Wildman–Crippen MR) is 42.4 cm³/mol. The highest BCUT2D eigenvalue weighted by molar-refractivity contribution is 7.93. The van der Waals surface area contributed by atoms with Gasteiger partial charge < -0.3 is 24.2 Å². The van der Waals surface area contributed by atoms with Crippen molar-refractivity contribution in [1.82, 2.24) is 0 Å². The van der Waals surface area contributed by atoms with E-state index in [9.17, 15) is 5.11 Å². The molecule has 72 valence electrons. The van der Waals surface area contributed by atoms with Gasteiger partial charge in [0, 0.05) is 6.26 Å². The molecule has 1 rings (SSSR count). The lowest BCUT2D eigenvalue weighted by atomic mass is 10.1. The van der Waals surface area contributed by atoms with Crippen molar-refractivity contribution in [1.29, 1.82) is 0 Å². The highest BCUT2D eigenvalue weighted by atomic mass is 32.2. The van der Waals surface area contributed by atoms with E-state index in [4.69, 9.17) is 19.1 Å². The van der Waals surface area contributed by atoms with Crippen molar-refractivity contribution in [3.63, 3.8) is 0 Å². The molecule has 6 heteroatoms. The van der Waals surface area contributed by atoms with Gasteiger partial charge in [-0.2, -0.15) is 0 Å². The zero-order chi connectivity index (χ0) is 9.14. The van der Waals surface area contributed by atoms with E-state index >= 15 is 0 Å². The molecule has 5 nitrogen and oxygen atoms in total. The van der Waals surface area contributed by atoms with Gasteiger partial charge in [0.25, 0.3) is 0 Å². The van der Waals surface area contributed by atoms with Gasteiger partial charge in [0.1, 0.15) is 18.3 Å². The monoisotopic (exact) mass is 196 g/mol. The maximum Gasteiger partial charge on any atom is 0.184 e. The number of hydrogen-bond acceptors (Lipinski definition) is 6. The molecule has 0 bridgehead atoms. The first kappa shape index (κ1) is 10.2. The zero-order valence-corrected chi connectivity index (χ0v) is 7.40. The first-order chi connectivity index (χ1) is 5.66. The van der Waals surface area contributed by atoms with E-state index in [0.29, 0.717) is 0 Å². The number of rotatable bonds is 3. The molecule has 3 N–H and O–H groups in total.